The molecule has 0 radical (unpaired) electrons. The van der Waals surface area contributed by atoms with Gasteiger partial charge in [-0.05, 0) is 43.3 Å². The van der Waals surface area contributed by atoms with Gasteiger partial charge in [0.25, 0.3) is 11.6 Å². The molecule has 0 aliphatic carbocycles. The van der Waals surface area contributed by atoms with Crippen LogP contribution < -0.4 is 16.4 Å². The Kier molecular flexibility index (Phi) is 9.64. The average molecular weight is 561 g/mol. The minimum atomic E-state index is -1.62. The van der Waals surface area contributed by atoms with Crippen LogP contribution in [0.25, 0.3) is 0 Å². The van der Waals surface area contributed by atoms with Crippen molar-refractivity contribution < 1.29 is 33.4 Å². The Balaban J connectivity index is 0.00000361. The van der Waals surface area contributed by atoms with E-state index in [1.807, 2.05) is 17.5 Å². The Morgan fingerprint density at radius 3 is 2.67 bits per heavy atom. The third-order valence-electron chi connectivity index (χ3n) is 6.16. The van der Waals surface area contributed by atoms with Crippen molar-refractivity contribution in [3.05, 3.63) is 33.7 Å². The lowest BCUT2D eigenvalue weighted by molar-refractivity contribution is -0.193. The average Bonchev–Trinajstić information content (AvgIpc) is 3.37. The van der Waals surface area contributed by atoms with Crippen molar-refractivity contribution in [2.45, 2.75) is 30.4 Å². The topological polar surface area (TPSA) is 149 Å². The molecule has 36 heavy (non-hydrogen) atoms. The Morgan fingerprint density at radius 2 is 2.03 bits per heavy atom. The summed E-state index contributed by atoms with van der Waals surface area (Å²) in [6.45, 7) is 1.68. The smallest absolute Gasteiger partial charge is 0.404 e. The zero-order valence-corrected chi connectivity index (χ0v) is 22.1. The van der Waals surface area contributed by atoms with E-state index >= 15 is 0 Å². The molecule has 3 aliphatic heterocycles. The summed E-state index contributed by atoms with van der Waals surface area (Å²) in [5.41, 5.74) is 3.90. The van der Waals surface area contributed by atoms with Gasteiger partial charge in [-0.2, -0.15) is 0 Å². The minimum absolute atomic E-state index is 0. The van der Waals surface area contributed by atoms with E-state index in [-0.39, 0.29) is 55.3 Å². The van der Waals surface area contributed by atoms with E-state index in [1.165, 1.54) is 35.1 Å². The van der Waals surface area contributed by atoms with Gasteiger partial charge in [-0.15, -0.1) is 35.5 Å². The summed E-state index contributed by atoms with van der Waals surface area (Å²) in [6, 6.07) is 3.67. The normalized spacial score (nSPS) is 23.8. The largest absolute Gasteiger partial charge is 0.461 e. The van der Waals surface area contributed by atoms with E-state index in [4.69, 9.17) is 19.9 Å². The predicted molar refractivity (Wildman–Crippen MR) is 135 cm³/mol. The number of halogens is 1. The van der Waals surface area contributed by atoms with Crippen molar-refractivity contribution in [3.8, 4) is 0 Å². The van der Waals surface area contributed by atoms with Gasteiger partial charge in [-0.1, -0.05) is 6.07 Å². The number of hydrogen-bond acceptors (Lipinski definition) is 10. The molecule has 2 saturated heterocycles. The number of primary amides is 1. The number of thiophene rings is 1. The molecular weight excluding hydrogens is 532 g/mol. The van der Waals surface area contributed by atoms with E-state index in [0.29, 0.717) is 5.57 Å². The number of fused-ring (bicyclic) bond motifs is 1. The van der Waals surface area contributed by atoms with Gasteiger partial charge in [0.15, 0.2) is 0 Å². The highest BCUT2D eigenvalue weighted by Crippen LogP contribution is 2.47. The zero-order valence-electron chi connectivity index (χ0n) is 19.7. The van der Waals surface area contributed by atoms with Crippen molar-refractivity contribution in [2.75, 3.05) is 39.2 Å². The minimum Gasteiger partial charge on any atom is -0.461 e. The lowest BCUT2D eigenvalue weighted by atomic mass is 9.97. The zero-order chi connectivity index (χ0) is 25.0. The monoisotopic (exact) mass is 560 g/mol. The Bertz CT molecular complexity index is 1020. The van der Waals surface area contributed by atoms with Gasteiger partial charge in [-0.3, -0.25) is 14.5 Å². The molecular formula is C22H29ClN4O7S2. The van der Waals surface area contributed by atoms with E-state index in [9.17, 15) is 19.2 Å². The molecule has 198 valence electrons. The third kappa shape index (κ3) is 5.80. The summed E-state index contributed by atoms with van der Waals surface area (Å²) in [6.07, 6.45) is 0.878. The highest BCUT2D eigenvalue weighted by Gasteiger charge is 2.66. The van der Waals surface area contributed by atoms with Crippen LogP contribution in [0.4, 0.5) is 4.79 Å². The van der Waals surface area contributed by atoms with Crippen LogP contribution in [-0.4, -0.2) is 79.0 Å². The summed E-state index contributed by atoms with van der Waals surface area (Å²) in [7, 11) is 1.34. The summed E-state index contributed by atoms with van der Waals surface area (Å²) < 4.78 is 16.0. The van der Waals surface area contributed by atoms with Gasteiger partial charge in [0.05, 0.1) is 13.0 Å². The fourth-order valence-electron chi connectivity index (χ4n) is 4.33. The Hall–Kier alpha value is -2.32. The number of hydrogen-bond donors (Lipinski definition) is 3. The standard InChI is InChI=1S/C22H28N4O7S2.ClH/c1-31-22(25-16(27)9-15-3-2-8-34-15)19(29)26-17(14(11-33-21(23)30)12-35-20(22)26)18(28)32-10-13-4-6-24-7-5-13;/h2-3,8,13,20,24H,4-7,9-12H2,1H3,(H2,23,30)(H,25,27);1H. The van der Waals surface area contributed by atoms with Crippen molar-refractivity contribution in [3.63, 3.8) is 0 Å². The number of thioether (sulfide) groups is 1. The molecule has 3 amide bonds. The number of piperidine rings is 1. The first-order valence-corrected chi connectivity index (χ1v) is 13.1. The molecule has 2 unspecified atom stereocenters. The molecule has 4 rings (SSSR count). The maximum atomic E-state index is 13.4. The molecule has 0 spiro atoms. The fourth-order valence-corrected chi connectivity index (χ4v) is 6.46. The molecule has 0 aromatic carbocycles. The van der Waals surface area contributed by atoms with Crippen LogP contribution in [-0.2, 0) is 35.0 Å². The van der Waals surface area contributed by atoms with Crippen molar-refractivity contribution in [1.29, 1.82) is 0 Å². The molecule has 0 bridgehead atoms. The van der Waals surface area contributed by atoms with Gasteiger partial charge in [0.1, 0.15) is 17.7 Å². The number of methoxy groups -OCH3 is 1. The predicted octanol–water partition coefficient (Wildman–Crippen LogP) is 0.979. The molecule has 1 aromatic rings. The first kappa shape index (κ1) is 28.3. The molecule has 0 saturated carbocycles. The highest BCUT2D eigenvalue weighted by atomic mass is 35.5. The molecule has 3 aliphatic rings. The molecule has 14 heteroatoms. The van der Waals surface area contributed by atoms with Crippen LogP contribution in [0.3, 0.4) is 0 Å². The quantitative estimate of drug-likeness (QED) is 0.228. The van der Waals surface area contributed by atoms with Crippen molar-refractivity contribution >= 4 is 59.4 Å². The van der Waals surface area contributed by atoms with Crippen LogP contribution in [0.5, 0.6) is 0 Å². The maximum Gasteiger partial charge on any atom is 0.404 e. The SMILES string of the molecule is COC1(NC(=O)Cc2cccs2)C(=O)N2C(C(=O)OCC3CCNCC3)=C(COC(N)=O)CSC21.Cl. The van der Waals surface area contributed by atoms with Gasteiger partial charge in [0, 0.05) is 23.3 Å². The second-order valence-electron chi connectivity index (χ2n) is 8.43. The lowest BCUT2D eigenvalue weighted by Crippen LogP contribution is -2.80. The van der Waals surface area contributed by atoms with E-state index < -0.39 is 29.1 Å². The van der Waals surface area contributed by atoms with E-state index in [0.717, 1.165) is 30.8 Å². The summed E-state index contributed by atoms with van der Waals surface area (Å²) >= 11 is 2.72. The number of carbonyl (C=O) groups excluding carboxylic acids is 4. The second-order valence-corrected chi connectivity index (χ2v) is 10.5. The van der Waals surface area contributed by atoms with Gasteiger partial charge in [-0.25, -0.2) is 9.59 Å². The lowest BCUT2D eigenvalue weighted by Gasteiger charge is -2.55. The molecule has 4 heterocycles. The second kappa shape index (κ2) is 12.3. The molecule has 1 aromatic heterocycles. The van der Waals surface area contributed by atoms with E-state index in [1.54, 1.807) is 0 Å². The summed E-state index contributed by atoms with van der Waals surface area (Å²) in [5.74, 6) is -1.17. The number of carbonyl (C=O) groups is 4. The number of amides is 3. The van der Waals surface area contributed by atoms with Gasteiger partial charge < -0.3 is 30.6 Å². The van der Waals surface area contributed by atoms with Crippen LogP contribution in [0.2, 0.25) is 0 Å². The van der Waals surface area contributed by atoms with Crippen LogP contribution in [0, 0.1) is 5.92 Å². The van der Waals surface area contributed by atoms with Gasteiger partial charge >= 0.3 is 12.1 Å². The summed E-state index contributed by atoms with van der Waals surface area (Å²) in [5, 5.41) is 7.16. The number of ether oxygens (including phenoxy) is 3. The van der Waals surface area contributed by atoms with Crippen LogP contribution >= 0.6 is 35.5 Å². The molecule has 2 atom stereocenters. The molecule has 2 fully saturated rings. The number of nitrogens with two attached hydrogens (primary N) is 1. The Morgan fingerprint density at radius 1 is 1.28 bits per heavy atom. The first-order chi connectivity index (χ1) is 16.9. The fraction of sp³-hybridized carbons (Fsp3) is 0.545. The van der Waals surface area contributed by atoms with Crippen LogP contribution in [0.1, 0.15) is 17.7 Å². The third-order valence-corrected chi connectivity index (χ3v) is 8.41. The Labute approximate surface area is 222 Å². The maximum absolute atomic E-state index is 13.4. The highest BCUT2D eigenvalue weighted by molar-refractivity contribution is 8.00. The first-order valence-electron chi connectivity index (χ1n) is 11.2. The van der Waals surface area contributed by atoms with Gasteiger partial charge in [0.2, 0.25) is 5.91 Å². The number of rotatable bonds is 9. The summed E-state index contributed by atoms with van der Waals surface area (Å²) in [4.78, 5) is 52.5. The van der Waals surface area contributed by atoms with Crippen molar-refractivity contribution in [1.82, 2.24) is 15.5 Å². The molecule has 4 N–H and O–H groups in total. The number of nitrogens with one attached hydrogen (secondary N) is 2. The number of β-lactam (4-membered cyclic amide) rings is 1. The van der Waals surface area contributed by atoms with E-state index in [2.05, 4.69) is 10.6 Å². The van der Waals surface area contributed by atoms with Crippen molar-refractivity contribution in [2.24, 2.45) is 11.7 Å². The van der Waals surface area contributed by atoms with Crippen LogP contribution in [0.15, 0.2) is 28.8 Å². The number of esters is 1. The molecule has 11 nitrogen and oxygen atoms in total. The number of nitrogens with zero attached hydrogens (tertiary/aromatic N) is 1.